The van der Waals surface area contributed by atoms with Gasteiger partial charge in [-0.1, -0.05) is 13.0 Å². The zero-order valence-corrected chi connectivity index (χ0v) is 10.4. The minimum Gasteiger partial charge on any atom is -0.396 e. The maximum absolute atomic E-state index is 5.65. The minimum absolute atomic E-state index is 0.344. The summed E-state index contributed by atoms with van der Waals surface area (Å²) in [4.78, 5) is 8.52. The van der Waals surface area contributed by atoms with Crippen LogP contribution in [-0.4, -0.2) is 9.97 Å². The van der Waals surface area contributed by atoms with Gasteiger partial charge in [0.05, 0.1) is 17.9 Å². The van der Waals surface area contributed by atoms with Gasteiger partial charge in [-0.05, 0) is 30.2 Å². The molecule has 0 fully saturated rings. The summed E-state index contributed by atoms with van der Waals surface area (Å²) in [6, 6.07) is 7.57. The fourth-order valence-electron chi connectivity index (χ4n) is 1.71. The fourth-order valence-corrected chi connectivity index (χ4v) is 1.71. The molecule has 0 aliphatic carbocycles. The van der Waals surface area contributed by atoms with Crippen LogP contribution in [0.25, 0.3) is 0 Å². The molecule has 2 aromatic heterocycles. The summed E-state index contributed by atoms with van der Waals surface area (Å²) in [6.07, 6.45) is 2.75. The lowest BCUT2D eigenvalue weighted by Crippen LogP contribution is -2.07. The first-order valence-electron chi connectivity index (χ1n) is 5.89. The lowest BCUT2D eigenvalue weighted by Gasteiger charge is -2.09. The average molecular weight is 243 g/mol. The summed E-state index contributed by atoms with van der Waals surface area (Å²) in [5.41, 5.74) is 14.0. The molecular formula is C13H17N5. The van der Waals surface area contributed by atoms with Gasteiger partial charge in [-0.2, -0.15) is 0 Å². The van der Waals surface area contributed by atoms with Crippen LogP contribution in [0.15, 0.2) is 30.5 Å². The van der Waals surface area contributed by atoms with E-state index in [0.29, 0.717) is 23.9 Å². The maximum Gasteiger partial charge on any atom is 0.149 e. The Kier molecular flexibility index (Phi) is 3.62. The van der Waals surface area contributed by atoms with Gasteiger partial charge in [0, 0.05) is 6.20 Å². The van der Waals surface area contributed by atoms with Crippen LogP contribution in [-0.2, 0) is 13.0 Å². The minimum atomic E-state index is 0.344. The van der Waals surface area contributed by atoms with Gasteiger partial charge < -0.3 is 16.8 Å². The van der Waals surface area contributed by atoms with Gasteiger partial charge in [0.25, 0.3) is 0 Å². The number of pyridine rings is 2. The number of hydrogen-bond donors (Lipinski definition) is 3. The molecule has 0 aliphatic rings. The van der Waals surface area contributed by atoms with Crippen molar-refractivity contribution in [3.8, 4) is 0 Å². The van der Waals surface area contributed by atoms with Crippen molar-refractivity contribution in [1.29, 1.82) is 0 Å². The lowest BCUT2D eigenvalue weighted by molar-refractivity contribution is 0.965. The molecular weight excluding hydrogens is 226 g/mol. The van der Waals surface area contributed by atoms with Crippen LogP contribution in [0.2, 0.25) is 0 Å². The van der Waals surface area contributed by atoms with Gasteiger partial charge >= 0.3 is 0 Å². The molecule has 5 N–H and O–H groups in total. The first-order valence-corrected chi connectivity index (χ1v) is 5.89. The van der Waals surface area contributed by atoms with Crippen LogP contribution in [0.1, 0.15) is 18.2 Å². The normalized spacial score (nSPS) is 10.3. The summed E-state index contributed by atoms with van der Waals surface area (Å²) >= 11 is 0. The summed E-state index contributed by atoms with van der Waals surface area (Å²) in [6.45, 7) is 2.74. The highest BCUT2D eigenvalue weighted by Crippen LogP contribution is 2.15. The Morgan fingerprint density at radius 2 is 2.06 bits per heavy atom. The van der Waals surface area contributed by atoms with E-state index in [0.717, 1.165) is 12.1 Å². The van der Waals surface area contributed by atoms with Crippen LogP contribution < -0.4 is 16.8 Å². The second kappa shape index (κ2) is 5.35. The monoisotopic (exact) mass is 243 g/mol. The Morgan fingerprint density at radius 1 is 1.22 bits per heavy atom. The topological polar surface area (TPSA) is 89.8 Å². The van der Waals surface area contributed by atoms with E-state index < -0.39 is 0 Å². The molecule has 18 heavy (non-hydrogen) atoms. The summed E-state index contributed by atoms with van der Waals surface area (Å²) in [7, 11) is 0. The van der Waals surface area contributed by atoms with Gasteiger partial charge in [0.1, 0.15) is 11.6 Å². The van der Waals surface area contributed by atoms with Crippen LogP contribution in [0, 0.1) is 0 Å². The Balaban J connectivity index is 2.09. The summed E-state index contributed by atoms with van der Waals surface area (Å²) in [5, 5.41) is 3.19. The quantitative estimate of drug-likeness (QED) is 0.762. The molecule has 94 valence electrons. The van der Waals surface area contributed by atoms with Crippen molar-refractivity contribution in [3.63, 3.8) is 0 Å². The molecule has 0 unspecified atom stereocenters. The van der Waals surface area contributed by atoms with Crippen LogP contribution in [0.3, 0.4) is 0 Å². The molecule has 5 heteroatoms. The number of aromatic nitrogens is 2. The number of hydrogen-bond acceptors (Lipinski definition) is 5. The fraction of sp³-hybridized carbons (Fsp3) is 0.231. The molecule has 2 aromatic rings. The Labute approximate surface area is 106 Å². The third-order valence-corrected chi connectivity index (χ3v) is 2.76. The zero-order chi connectivity index (χ0) is 13.0. The molecule has 0 spiro atoms. The molecule has 0 saturated heterocycles. The van der Waals surface area contributed by atoms with E-state index in [9.17, 15) is 0 Å². The molecule has 0 saturated carbocycles. The van der Waals surface area contributed by atoms with Crippen molar-refractivity contribution in [2.45, 2.75) is 19.9 Å². The number of nitrogens with zero attached hydrogens (tertiary/aromatic N) is 2. The standard InChI is InChI=1S/C13H17N5/c1-2-9-4-3-7-16-11(9)8-17-12-6-5-10(14)13(15)18-12/h3-7H,2,8,14H2,1H3,(H3,15,17,18). The lowest BCUT2D eigenvalue weighted by atomic mass is 10.1. The van der Waals surface area contributed by atoms with Crippen molar-refractivity contribution in [1.82, 2.24) is 9.97 Å². The molecule has 0 radical (unpaired) electrons. The Bertz CT molecular complexity index is 539. The highest BCUT2D eigenvalue weighted by atomic mass is 15.0. The van der Waals surface area contributed by atoms with Gasteiger partial charge in [-0.3, -0.25) is 4.98 Å². The number of nitrogens with two attached hydrogens (primary N) is 2. The van der Waals surface area contributed by atoms with E-state index in [2.05, 4.69) is 28.3 Å². The van der Waals surface area contributed by atoms with E-state index in [-0.39, 0.29) is 0 Å². The summed E-state index contributed by atoms with van der Waals surface area (Å²) < 4.78 is 0. The highest BCUT2D eigenvalue weighted by Gasteiger charge is 2.03. The molecule has 0 amide bonds. The zero-order valence-electron chi connectivity index (χ0n) is 10.4. The Hall–Kier alpha value is -2.30. The SMILES string of the molecule is CCc1cccnc1CNc1ccc(N)c(N)n1. The van der Waals surface area contributed by atoms with E-state index >= 15 is 0 Å². The number of rotatable bonds is 4. The molecule has 0 aromatic carbocycles. The van der Waals surface area contributed by atoms with E-state index in [1.54, 1.807) is 18.3 Å². The van der Waals surface area contributed by atoms with Crippen LogP contribution >= 0.6 is 0 Å². The highest BCUT2D eigenvalue weighted by molar-refractivity contribution is 5.61. The first-order chi connectivity index (χ1) is 8.70. The molecule has 0 atom stereocenters. The van der Waals surface area contributed by atoms with Crippen molar-refractivity contribution >= 4 is 17.3 Å². The van der Waals surface area contributed by atoms with Gasteiger partial charge in [0.2, 0.25) is 0 Å². The van der Waals surface area contributed by atoms with Crippen LogP contribution in [0.5, 0.6) is 0 Å². The maximum atomic E-state index is 5.65. The van der Waals surface area contributed by atoms with Crippen molar-refractivity contribution in [3.05, 3.63) is 41.7 Å². The van der Waals surface area contributed by atoms with Crippen molar-refractivity contribution in [2.75, 3.05) is 16.8 Å². The third kappa shape index (κ3) is 2.68. The number of anilines is 3. The van der Waals surface area contributed by atoms with Crippen LogP contribution in [0.4, 0.5) is 17.3 Å². The molecule has 5 nitrogen and oxygen atoms in total. The Morgan fingerprint density at radius 3 is 2.78 bits per heavy atom. The van der Waals surface area contributed by atoms with E-state index in [1.807, 2.05) is 6.07 Å². The van der Waals surface area contributed by atoms with Crippen molar-refractivity contribution in [2.24, 2.45) is 0 Å². The van der Waals surface area contributed by atoms with E-state index in [1.165, 1.54) is 5.56 Å². The first kappa shape index (κ1) is 12.2. The average Bonchev–Trinajstić information content (AvgIpc) is 2.40. The van der Waals surface area contributed by atoms with Gasteiger partial charge in [0.15, 0.2) is 0 Å². The molecule has 0 bridgehead atoms. The summed E-state index contributed by atoms with van der Waals surface area (Å²) in [5.74, 6) is 1.05. The number of aryl methyl sites for hydroxylation is 1. The number of nitrogen functional groups attached to an aromatic ring is 2. The van der Waals surface area contributed by atoms with E-state index in [4.69, 9.17) is 11.5 Å². The molecule has 2 rings (SSSR count). The van der Waals surface area contributed by atoms with Gasteiger partial charge in [-0.25, -0.2) is 4.98 Å². The number of nitrogens with one attached hydrogen (secondary N) is 1. The second-order valence-electron chi connectivity index (χ2n) is 3.99. The predicted molar refractivity (Wildman–Crippen MR) is 74.0 cm³/mol. The third-order valence-electron chi connectivity index (χ3n) is 2.76. The molecule has 2 heterocycles. The smallest absolute Gasteiger partial charge is 0.149 e. The van der Waals surface area contributed by atoms with Crippen molar-refractivity contribution < 1.29 is 0 Å². The molecule has 0 aliphatic heterocycles. The predicted octanol–water partition coefficient (Wildman–Crippen LogP) is 1.82. The van der Waals surface area contributed by atoms with Gasteiger partial charge in [-0.15, -0.1) is 0 Å². The largest absolute Gasteiger partial charge is 0.396 e. The second-order valence-corrected chi connectivity index (χ2v) is 3.99.